The molecule has 289 valence electrons. The Morgan fingerprint density at radius 1 is 0.962 bits per heavy atom. The zero-order valence-electron chi connectivity index (χ0n) is 34.1. The number of carbonyl (C=O) groups is 1. The van der Waals surface area contributed by atoms with Gasteiger partial charge in [-0.15, -0.1) is 64.1 Å². The van der Waals surface area contributed by atoms with E-state index in [0.717, 1.165) is 38.5 Å². The third-order valence-corrected chi connectivity index (χ3v) is 15.0. The Hall–Kier alpha value is -2.31. The van der Waals surface area contributed by atoms with Crippen LogP contribution in [0.25, 0.3) is 10.1 Å². The van der Waals surface area contributed by atoms with E-state index in [0.29, 0.717) is 11.8 Å². The third-order valence-electron chi connectivity index (χ3n) is 12.3. The summed E-state index contributed by atoms with van der Waals surface area (Å²) < 4.78 is 1.41. The van der Waals surface area contributed by atoms with Crippen molar-refractivity contribution in [3.63, 3.8) is 0 Å². The van der Waals surface area contributed by atoms with E-state index in [4.69, 9.17) is 9.98 Å². The summed E-state index contributed by atoms with van der Waals surface area (Å²) in [5.41, 5.74) is 7.50. The molecule has 0 fully saturated rings. The number of allylic oxidation sites excluding steroid dienone is 3. The fourth-order valence-corrected chi connectivity index (χ4v) is 10.7. The number of thioether (sulfide) groups is 1. The van der Waals surface area contributed by atoms with Gasteiger partial charge in [0.25, 0.3) is 0 Å². The van der Waals surface area contributed by atoms with Crippen molar-refractivity contribution in [2.45, 2.75) is 144 Å². The molecule has 3 aromatic rings. The molecule has 2 aliphatic heterocycles. The molecule has 7 heteroatoms. The van der Waals surface area contributed by atoms with Gasteiger partial charge in [0.05, 0.1) is 6.04 Å². The molecular formula is C46H61IrN2O2S2-. The van der Waals surface area contributed by atoms with Crippen molar-refractivity contribution in [1.82, 2.24) is 0 Å². The van der Waals surface area contributed by atoms with Crippen LogP contribution in [-0.4, -0.2) is 28.2 Å². The van der Waals surface area contributed by atoms with Gasteiger partial charge in [-0.1, -0.05) is 88.3 Å². The number of aryl methyl sites for hydroxylation is 1. The summed E-state index contributed by atoms with van der Waals surface area (Å²) in [6.07, 6.45) is 12.5. The number of hydrogen-bond acceptors (Lipinski definition) is 6. The van der Waals surface area contributed by atoms with E-state index in [9.17, 15) is 9.90 Å². The Bertz CT molecular complexity index is 1920. The minimum atomic E-state index is -0.337. The SMILES string of the molecule is CCC(C)(CC)C(=O)/C=C(\O)C(C)(CC)CC.Cc1c(CC(C)C)sc2ccc3c(c12)SC1C(C2=[C-]c4ccccc4C(C(C)(C)C)C2)=NC=NC31.[Ir]. The van der Waals surface area contributed by atoms with Crippen LogP contribution < -0.4 is 0 Å². The molecule has 6 rings (SSSR count). The number of fused-ring (bicyclic) bond motifs is 6. The van der Waals surface area contributed by atoms with E-state index in [2.05, 4.69) is 84.0 Å². The van der Waals surface area contributed by atoms with Crippen LogP contribution in [-0.2, 0) is 31.3 Å². The molecule has 0 spiro atoms. The van der Waals surface area contributed by atoms with Gasteiger partial charge in [-0.05, 0) is 85.6 Å². The Morgan fingerprint density at radius 2 is 1.60 bits per heavy atom. The summed E-state index contributed by atoms with van der Waals surface area (Å²) in [7, 11) is 0. The van der Waals surface area contributed by atoms with Gasteiger partial charge in [-0.25, -0.2) is 0 Å². The molecule has 3 aliphatic rings. The van der Waals surface area contributed by atoms with Crippen molar-refractivity contribution in [3.8, 4) is 0 Å². The number of thiophene rings is 1. The topological polar surface area (TPSA) is 62.0 Å². The quantitative estimate of drug-likeness (QED) is 0.125. The normalized spacial score (nSPS) is 19.8. The first-order valence-corrected chi connectivity index (χ1v) is 21.2. The molecule has 1 N–H and O–H groups in total. The van der Waals surface area contributed by atoms with Gasteiger partial charge in [0.2, 0.25) is 0 Å². The van der Waals surface area contributed by atoms with E-state index in [-0.39, 0.29) is 59.2 Å². The van der Waals surface area contributed by atoms with Gasteiger partial charge in [0.1, 0.15) is 12.1 Å². The molecule has 0 saturated heterocycles. The van der Waals surface area contributed by atoms with Crippen LogP contribution in [0.3, 0.4) is 0 Å². The van der Waals surface area contributed by atoms with Crippen LogP contribution in [0, 0.1) is 35.2 Å². The average Bonchev–Trinajstić information content (AvgIpc) is 3.66. The molecule has 3 atom stereocenters. The second kappa shape index (κ2) is 17.2. The maximum absolute atomic E-state index is 12.2. The number of benzene rings is 2. The molecular weight excluding hydrogens is 869 g/mol. The molecule has 3 heterocycles. The Labute approximate surface area is 341 Å². The molecule has 0 amide bonds. The number of carbonyl (C=O) groups excluding carboxylic acids is 1. The van der Waals surface area contributed by atoms with Crippen molar-refractivity contribution >= 4 is 51.0 Å². The van der Waals surface area contributed by atoms with Gasteiger partial charge in [-0.2, -0.15) is 0 Å². The summed E-state index contributed by atoms with van der Waals surface area (Å²) in [6.45, 7) is 26.1. The number of rotatable bonds is 10. The Morgan fingerprint density at radius 3 is 2.21 bits per heavy atom. The first-order valence-electron chi connectivity index (χ1n) is 19.5. The summed E-state index contributed by atoms with van der Waals surface area (Å²) >= 11 is 3.97. The molecule has 2 aromatic carbocycles. The number of aliphatic hydroxyl groups excluding tert-OH is 1. The van der Waals surface area contributed by atoms with Crippen molar-refractivity contribution in [2.75, 3.05) is 0 Å². The smallest absolute Gasteiger partial charge is 0.164 e. The zero-order chi connectivity index (χ0) is 38.2. The zero-order valence-corrected chi connectivity index (χ0v) is 38.1. The molecule has 4 nitrogen and oxygen atoms in total. The number of hydrogen-bond donors (Lipinski definition) is 1. The molecule has 1 aromatic heterocycles. The van der Waals surface area contributed by atoms with Gasteiger partial charge >= 0.3 is 0 Å². The van der Waals surface area contributed by atoms with Crippen LogP contribution in [0.5, 0.6) is 0 Å². The Balaban J connectivity index is 0.000000299. The number of aliphatic hydroxyl groups is 1. The molecule has 1 aliphatic carbocycles. The van der Waals surface area contributed by atoms with Crippen LogP contribution in [0.4, 0.5) is 0 Å². The fraction of sp³-hybridized carbons (Fsp3) is 0.543. The minimum Gasteiger partial charge on any atom is -0.512 e. The van der Waals surface area contributed by atoms with Crippen LogP contribution >= 0.6 is 23.1 Å². The average molecular weight is 930 g/mol. The molecule has 0 saturated carbocycles. The minimum absolute atomic E-state index is 0. The van der Waals surface area contributed by atoms with E-state index < -0.39 is 0 Å². The summed E-state index contributed by atoms with van der Waals surface area (Å²) in [5.74, 6) is 1.41. The van der Waals surface area contributed by atoms with Gasteiger partial charge in [-0.3, -0.25) is 14.8 Å². The number of nitrogens with zero attached hydrogens (tertiary/aromatic N) is 2. The third kappa shape index (κ3) is 8.74. The second-order valence-electron chi connectivity index (χ2n) is 17.1. The molecule has 0 bridgehead atoms. The summed E-state index contributed by atoms with van der Waals surface area (Å²) in [6, 6.07) is 13.6. The van der Waals surface area contributed by atoms with Crippen molar-refractivity contribution < 1.29 is 30.0 Å². The predicted molar refractivity (Wildman–Crippen MR) is 226 cm³/mol. The molecule has 3 unspecified atom stereocenters. The summed E-state index contributed by atoms with van der Waals surface area (Å²) in [5, 5.41) is 11.8. The maximum Gasteiger partial charge on any atom is 0.164 e. The summed E-state index contributed by atoms with van der Waals surface area (Å²) in [4.78, 5) is 25.0. The van der Waals surface area contributed by atoms with E-state index in [1.54, 1.807) is 0 Å². The monoisotopic (exact) mass is 930 g/mol. The fourth-order valence-electron chi connectivity index (χ4n) is 7.57. The van der Waals surface area contributed by atoms with Gasteiger partial charge in [0, 0.05) is 62.1 Å². The van der Waals surface area contributed by atoms with Crippen LogP contribution in [0.15, 0.2) is 68.7 Å². The van der Waals surface area contributed by atoms with Crippen LogP contribution in [0.1, 0.15) is 147 Å². The molecule has 53 heavy (non-hydrogen) atoms. The predicted octanol–water partition coefficient (Wildman–Crippen LogP) is 13.4. The van der Waals surface area contributed by atoms with E-state index in [1.165, 1.54) is 59.5 Å². The molecule has 1 radical (unpaired) electrons. The van der Waals surface area contributed by atoms with Crippen molar-refractivity contribution in [3.05, 3.63) is 87.0 Å². The standard InChI is InChI=1S/C31H33N2S2.C15H28O2.Ir/c1-17(2)13-25-18(3)26-24(34-25)12-11-22-28-30(35-29(22)26)27(32-16-33-28)20-14-19-9-7-8-10-21(19)23(15-20)31(4,5)6;1-7-14(5,8-2)12(16)11-13(17)15(6,9-3)10-4;/h7-12,16-17,23,28,30H,13,15H2,1-6H3;11,16H,7-10H2,1-6H3;/q-1;;/b;12-11-;. The first-order chi connectivity index (χ1) is 24.5. The first kappa shape index (κ1) is 43.4. The van der Waals surface area contributed by atoms with E-state index in [1.807, 2.05) is 71.0 Å². The van der Waals surface area contributed by atoms with Crippen molar-refractivity contribution in [2.24, 2.45) is 32.1 Å². The van der Waals surface area contributed by atoms with Gasteiger partial charge < -0.3 is 5.11 Å². The largest absolute Gasteiger partial charge is 0.512 e. The van der Waals surface area contributed by atoms with Crippen LogP contribution in [0.2, 0.25) is 0 Å². The van der Waals surface area contributed by atoms with E-state index >= 15 is 0 Å². The number of aliphatic imine (C=N–C) groups is 2. The second-order valence-corrected chi connectivity index (χ2v) is 19.4. The Kier molecular flexibility index (Phi) is 14.1. The maximum atomic E-state index is 12.2. The van der Waals surface area contributed by atoms with Crippen molar-refractivity contribution in [1.29, 1.82) is 0 Å². The van der Waals surface area contributed by atoms with Gasteiger partial charge in [0.15, 0.2) is 5.78 Å². The number of ketones is 1.